The lowest BCUT2D eigenvalue weighted by Crippen LogP contribution is -2.30. The molecule has 0 N–H and O–H groups in total. The van der Waals surface area contributed by atoms with Crippen LogP contribution >= 0.6 is 0 Å². The van der Waals surface area contributed by atoms with E-state index in [9.17, 15) is 9.59 Å². The van der Waals surface area contributed by atoms with E-state index in [4.69, 9.17) is 4.74 Å². The van der Waals surface area contributed by atoms with Crippen LogP contribution in [-0.4, -0.2) is 29.9 Å². The van der Waals surface area contributed by atoms with E-state index in [2.05, 4.69) is 50.2 Å². The number of fused-ring (bicyclic) bond motifs is 1. The predicted octanol–water partition coefficient (Wildman–Crippen LogP) is 6.71. The van der Waals surface area contributed by atoms with Crippen LogP contribution in [0.25, 0.3) is 11.1 Å². The van der Waals surface area contributed by atoms with Crippen LogP contribution in [0.3, 0.4) is 0 Å². The number of aryl methyl sites for hydroxylation is 2. The number of hydrogen-bond donors (Lipinski definition) is 0. The van der Waals surface area contributed by atoms with Gasteiger partial charge in [-0.15, -0.1) is 0 Å². The molecule has 2 amide bonds. The molecule has 4 nitrogen and oxygen atoms in total. The van der Waals surface area contributed by atoms with Crippen molar-refractivity contribution in [3.63, 3.8) is 0 Å². The maximum Gasteiger partial charge on any atom is 0.261 e. The summed E-state index contributed by atoms with van der Waals surface area (Å²) in [5.74, 6) is 0.708. The van der Waals surface area contributed by atoms with Gasteiger partial charge in [-0.25, -0.2) is 0 Å². The summed E-state index contributed by atoms with van der Waals surface area (Å²) in [5, 5.41) is 0. The topological polar surface area (TPSA) is 46.6 Å². The first-order valence-electron chi connectivity index (χ1n) is 12.4. The van der Waals surface area contributed by atoms with Crippen LogP contribution in [-0.2, 0) is 12.8 Å². The fourth-order valence-electron chi connectivity index (χ4n) is 4.60. The van der Waals surface area contributed by atoms with Crippen LogP contribution in [0.4, 0.5) is 0 Å². The molecule has 3 aromatic carbocycles. The number of hydrogen-bond acceptors (Lipinski definition) is 3. The first-order valence-corrected chi connectivity index (χ1v) is 12.4. The quantitative estimate of drug-likeness (QED) is 0.238. The van der Waals surface area contributed by atoms with Crippen LogP contribution in [0.15, 0.2) is 66.7 Å². The van der Waals surface area contributed by atoms with E-state index < -0.39 is 0 Å². The Morgan fingerprint density at radius 2 is 1.24 bits per heavy atom. The monoisotopic (exact) mass is 455 g/mol. The zero-order chi connectivity index (χ0) is 23.9. The van der Waals surface area contributed by atoms with Gasteiger partial charge in [0.05, 0.1) is 17.7 Å². The van der Waals surface area contributed by atoms with Gasteiger partial charge in [0, 0.05) is 6.54 Å². The van der Waals surface area contributed by atoms with E-state index in [0.29, 0.717) is 24.3 Å². The van der Waals surface area contributed by atoms with Crippen molar-refractivity contribution in [3.8, 4) is 16.9 Å². The highest BCUT2D eigenvalue weighted by molar-refractivity contribution is 6.21. The minimum atomic E-state index is -0.165. The largest absolute Gasteiger partial charge is 0.493 e. The average molecular weight is 456 g/mol. The molecular weight excluding hydrogens is 422 g/mol. The third-order valence-corrected chi connectivity index (χ3v) is 6.51. The fourth-order valence-corrected chi connectivity index (χ4v) is 4.60. The fraction of sp³-hybridized carbons (Fsp3) is 0.333. The second-order valence-electron chi connectivity index (χ2n) is 8.77. The van der Waals surface area contributed by atoms with Gasteiger partial charge in [0.2, 0.25) is 0 Å². The van der Waals surface area contributed by atoms with Crippen molar-refractivity contribution < 1.29 is 14.3 Å². The van der Waals surface area contributed by atoms with Crippen molar-refractivity contribution in [1.29, 1.82) is 0 Å². The van der Waals surface area contributed by atoms with Gasteiger partial charge in [0.1, 0.15) is 5.75 Å². The lowest BCUT2D eigenvalue weighted by atomic mass is 9.96. The maximum atomic E-state index is 12.5. The number of rotatable bonds is 11. The average Bonchev–Trinajstić information content (AvgIpc) is 3.13. The van der Waals surface area contributed by atoms with E-state index in [0.717, 1.165) is 44.3 Å². The smallest absolute Gasteiger partial charge is 0.261 e. The summed E-state index contributed by atoms with van der Waals surface area (Å²) in [6.07, 6.45) is 5.61. The number of unbranched alkanes of at least 4 members (excludes halogenated alkanes) is 3. The zero-order valence-corrected chi connectivity index (χ0v) is 20.2. The van der Waals surface area contributed by atoms with Crippen LogP contribution < -0.4 is 4.74 Å². The SMILES string of the molecule is CCc1cc(-c2ccccc2)cc(CC)c1OCCCCCCN1C(=O)c2ccccc2C1=O. The minimum absolute atomic E-state index is 0.165. The van der Waals surface area contributed by atoms with Gasteiger partial charge in [0.25, 0.3) is 11.8 Å². The Balaban J connectivity index is 1.26. The summed E-state index contributed by atoms with van der Waals surface area (Å²) in [5.41, 5.74) is 6.04. The first-order chi connectivity index (χ1) is 16.6. The van der Waals surface area contributed by atoms with Crippen molar-refractivity contribution in [2.45, 2.75) is 52.4 Å². The second kappa shape index (κ2) is 11.1. The molecule has 176 valence electrons. The molecule has 34 heavy (non-hydrogen) atoms. The Bertz CT molecular complexity index is 1090. The van der Waals surface area contributed by atoms with Crippen molar-refractivity contribution >= 4 is 11.8 Å². The summed E-state index contributed by atoms with van der Waals surface area (Å²) in [6, 6.07) is 22.1. The molecule has 0 radical (unpaired) electrons. The highest BCUT2D eigenvalue weighted by Crippen LogP contribution is 2.32. The first kappa shape index (κ1) is 23.7. The van der Waals surface area contributed by atoms with Crippen LogP contribution in [0, 0.1) is 0 Å². The minimum Gasteiger partial charge on any atom is -0.493 e. The summed E-state index contributed by atoms with van der Waals surface area (Å²) < 4.78 is 6.28. The second-order valence-corrected chi connectivity index (χ2v) is 8.77. The summed E-state index contributed by atoms with van der Waals surface area (Å²) in [6.45, 7) is 5.51. The molecule has 1 aliphatic heterocycles. The summed E-state index contributed by atoms with van der Waals surface area (Å²) >= 11 is 0. The molecule has 0 fully saturated rings. The lowest BCUT2D eigenvalue weighted by molar-refractivity contribution is 0.0651. The highest BCUT2D eigenvalue weighted by atomic mass is 16.5. The summed E-state index contributed by atoms with van der Waals surface area (Å²) in [4.78, 5) is 26.3. The molecule has 0 unspecified atom stereocenters. The number of nitrogens with zero attached hydrogens (tertiary/aromatic N) is 1. The number of amides is 2. The van der Waals surface area contributed by atoms with Crippen molar-refractivity contribution in [2.75, 3.05) is 13.2 Å². The number of carbonyl (C=O) groups excluding carboxylic acids is 2. The number of benzene rings is 3. The summed E-state index contributed by atoms with van der Waals surface area (Å²) in [7, 11) is 0. The molecule has 1 heterocycles. The van der Waals surface area contributed by atoms with E-state index in [1.807, 2.05) is 6.07 Å². The standard InChI is InChI=1S/C30H33NO3/c1-3-22-20-25(24-14-8-7-9-15-24)21-23(4-2)28(22)34-19-13-6-5-12-18-31-29(32)26-16-10-11-17-27(26)30(31)33/h7-11,14-17,20-21H,3-6,12-13,18-19H2,1-2H3. The lowest BCUT2D eigenvalue weighted by Gasteiger charge is -2.17. The number of imide groups is 1. The van der Waals surface area contributed by atoms with Gasteiger partial charge in [0.15, 0.2) is 0 Å². The van der Waals surface area contributed by atoms with E-state index in [1.54, 1.807) is 24.3 Å². The molecule has 0 bridgehead atoms. The van der Waals surface area contributed by atoms with E-state index in [-0.39, 0.29) is 11.8 Å². The van der Waals surface area contributed by atoms with Gasteiger partial charge < -0.3 is 4.74 Å². The Morgan fingerprint density at radius 1 is 0.676 bits per heavy atom. The molecule has 0 spiro atoms. The van der Waals surface area contributed by atoms with Gasteiger partial charge in [-0.2, -0.15) is 0 Å². The van der Waals surface area contributed by atoms with Gasteiger partial charge in [-0.3, -0.25) is 14.5 Å². The Hall–Kier alpha value is -3.40. The molecule has 0 aromatic heterocycles. The molecule has 0 atom stereocenters. The van der Waals surface area contributed by atoms with Crippen molar-refractivity contribution in [1.82, 2.24) is 4.90 Å². The third-order valence-electron chi connectivity index (χ3n) is 6.51. The molecule has 0 saturated carbocycles. The van der Waals surface area contributed by atoms with Crippen molar-refractivity contribution in [3.05, 3.63) is 89.0 Å². The molecule has 4 rings (SSSR count). The molecule has 0 saturated heterocycles. The molecule has 1 aliphatic rings. The molecule has 3 aromatic rings. The van der Waals surface area contributed by atoms with Crippen molar-refractivity contribution in [2.24, 2.45) is 0 Å². The Kier molecular flexibility index (Phi) is 7.79. The van der Waals surface area contributed by atoms with Gasteiger partial charge in [-0.1, -0.05) is 69.2 Å². The van der Waals surface area contributed by atoms with Gasteiger partial charge >= 0.3 is 0 Å². The maximum absolute atomic E-state index is 12.5. The zero-order valence-electron chi connectivity index (χ0n) is 20.2. The number of ether oxygens (including phenoxy) is 1. The Morgan fingerprint density at radius 3 is 1.82 bits per heavy atom. The molecule has 4 heteroatoms. The molecular formula is C30H33NO3. The van der Waals surface area contributed by atoms with E-state index >= 15 is 0 Å². The normalized spacial score (nSPS) is 12.8. The van der Waals surface area contributed by atoms with E-state index in [1.165, 1.54) is 27.2 Å². The highest BCUT2D eigenvalue weighted by Gasteiger charge is 2.34. The van der Waals surface area contributed by atoms with Gasteiger partial charge in [-0.05, 0) is 72.2 Å². The predicted molar refractivity (Wildman–Crippen MR) is 136 cm³/mol. The Labute approximate surface area is 202 Å². The van der Waals surface area contributed by atoms with Crippen LogP contribution in [0.2, 0.25) is 0 Å². The third kappa shape index (κ3) is 5.06. The van der Waals surface area contributed by atoms with Crippen LogP contribution in [0.1, 0.15) is 71.4 Å². The van der Waals surface area contributed by atoms with Crippen LogP contribution in [0.5, 0.6) is 5.75 Å². The molecule has 0 aliphatic carbocycles. The number of carbonyl (C=O) groups is 2.